The van der Waals surface area contributed by atoms with Gasteiger partial charge in [0.15, 0.2) is 0 Å². The minimum atomic E-state index is -0.982. The number of benzene rings is 2. The average Bonchev–Trinajstić information content (AvgIpc) is 2.46. The van der Waals surface area contributed by atoms with Gasteiger partial charge in [0.1, 0.15) is 0 Å². The Kier molecular flexibility index (Phi) is 4.34. The van der Waals surface area contributed by atoms with Crippen molar-refractivity contribution >= 4 is 33.5 Å². The molecule has 0 aromatic heterocycles. The van der Waals surface area contributed by atoms with Gasteiger partial charge in [-0.25, -0.2) is 4.79 Å². The van der Waals surface area contributed by atoms with Crippen LogP contribution < -0.4 is 0 Å². The van der Waals surface area contributed by atoms with Gasteiger partial charge in [-0.2, -0.15) is 5.26 Å². The molecule has 0 aliphatic rings. The van der Waals surface area contributed by atoms with Crippen LogP contribution in [-0.2, 0) is 0 Å². The summed E-state index contributed by atoms with van der Waals surface area (Å²) in [5.41, 5.74) is 2.26. The number of hydrogen-bond donors (Lipinski definition) is 1. The van der Waals surface area contributed by atoms with E-state index in [-0.39, 0.29) is 5.56 Å². The number of nitrogens with zero attached hydrogens (tertiary/aromatic N) is 1. The number of hydrogen-bond acceptors (Lipinski definition) is 2. The molecule has 0 aliphatic heterocycles. The van der Waals surface area contributed by atoms with Gasteiger partial charge in [-0.05, 0) is 35.4 Å². The van der Waals surface area contributed by atoms with Crippen molar-refractivity contribution in [2.45, 2.75) is 0 Å². The second kappa shape index (κ2) is 6.18. The molecule has 0 spiro atoms. The van der Waals surface area contributed by atoms with Crippen molar-refractivity contribution in [3.8, 4) is 6.07 Å². The molecule has 0 radical (unpaired) electrons. The van der Waals surface area contributed by atoms with Crippen molar-refractivity contribution in [3.63, 3.8) is 0 Å². The van der Waals surface area contributed by atoms with Gasteiger partial charge in [-0.3, -0.25) is 0 Å². The third-order valence-corrected chi connectivity index (χ3v) is 3.49. The molecule has 1 N–H and O–H groups in total. The van der Waals surface area contributed by atoms with Crippen molar-refractivity contribution in [2.75, 3.05) is 0 Å². The second-order valence-electron chi connectivity index (χ2n) is 4.07. The van der Waals surface area contributed by atoms with Gasteiger partial charge in [0.25, 0.3) is 0 Å². The third-order valence-electron chi connectivity index (χ3n) is 2.77. The molecule has 4 heteroatoms. The molecule has 0 saturated heterocycles. The first-order valence-electron chi connectivity index (χ1n) is 5.82. The Morgan fingerprint density at radius 1 is 1.10 bits per heavy atom. The van der Waals surface area contributed by atoms with Crippen LogP contribution in [0.5, 0.6) is 0 Å². The van der Waals surface area contributed by atoms with Gasteiger partial charge in [0.2, 0.25) is 0 Å². The van der Waals surface area contributed by atoms with Crippen LogP contribution in [-0.4, -0.2) is 11.1 Å². The molecule has 2 aromatic rings. The van der Waals surface area contributed by atoms with Crippen LogP contribution in [0.15, 0.2) is 53.0 Å². The van der Waals surface area contributed by atoms with Crippen LogP contribution in [0.2, 0.25) is 0 Å². The van der Waals surface area contributed by atoms with E-state index in [0.717, 1.165) is 10.0 Å². The van der Waals surface area contributed by atoms with E-state index < -0.39 is 5.97 Å². The van der Waals surface area contributed by atoms with E-state index in [2.05, 4.69) is 22.0 Å². The number of allylic oxidation sites excluding steroid dienone is 1. The minimum Gasteiger partial charge on any atom is -0.478 e. The van der Waals surface area contributed by atoms with E-state index in [1.165, 1.54) is 12.1 Å². The van der Waals surface area contributed by atoms with Gasteiger partial charge in [0.05, 0.1) is 17.2 Å². The number of carboxylic acid groups (broad SMARTS) is 1. The monoisotopic (exact) mass is 327 g/mol. The molecular weight excluding hydrogens is 318 g/mol. The predicted octanol–water partition coefficient (Wildman–Crippen LogP) is 4.21. The molecule has 0 bridgehead atoms. The van der Waals surface area contributed by atoms with Crippen molar-refractivity contribution < 1.29 is 9.90 Å². The minimum absolute atomic E-state index is 0.201. The fourth-order valence-electron chi connectivity index (χ4n) is 1.72. The average molecular weight is 328 g/mol. The fourth-order valence-corrected chi connectivity index (χ4v) is 2.12. The quantitative estimate of drug-likeness (QED) is 0.678. The lowest BCUT2D eigenvalue weighted by Gasteiger charge is -2.02. The van der Waals surface area contributed by atoms with E-state index in [0.29, 0.717) is 11.1 Å². The molecule has 2 rings (SSSR count). The van der Waals surface area contributed by atoms with E-state index in [1.807, 2.05) is 24.3 Å². The zero-order chi connectivity index (χ0) is 14.5. The highest BCUT2D eigenvalue weighted by Gasteiger charge is 2.05. The Morgan fingerprint density at radius 3 is 2.25 bits per heavy atom. The molecule has 98 valence electrons. The Labute approximate surface area is 124 Å². The molecule has 0 aliphatic carbocycles. The van der Waals surface area contributed by atoms with Crippen LogP contribution in [0.4, 0.5) is 0 Å². The number of halogens is 1. The molecule has 0 unspecified atom stereocenters. The van der Waals surface area contributed by atoms with E-state index in [9.17, 15) is 10.1 Å². The first-order chi connectivity index (χ1) is 9.61. The largest absolute Gasteiger partial charge is 0.478 e. The maximum absolute atomic E-state index is 10.8. The lowest BCUT2D eigenvalue weighted by atomic mass is 10.0. The van der Waals surface area contributed by atoms with Crippen LogP contribution in [0.3, 0.4) is 0 Å². The van der Waals surface area contributed by atoms with Gasteiger partial charge in [0, 0.05) is 4.47 Å². The summed E-state index contributed by atoms with van der Waals surface area (Å²) in [5, 5.41) is 18.1. The SMILES string of the molecule is N#C/C(=C\c1ccccc1Br)c1ccc(C(=O)O)cc1. The van der Waals surface area contributed by atoms with Crippen LogP contribution in [0, 0.1) is 11.3 Å². The normalized spacial score (nSPS) is 10.9. The molecule has 0 heterocycles. The van der Waals surface area contributed by atoms with Gasteiger partial charge < -0.3 is 5.11 Å². The van der Waals surface area contributed by atoms with Crippen molar-refractivity contribution in [2.24, 2.45) is 0 Å². The maximum atomic E-state index is 10.8. The van der Waals surface area contributed by atoms with Gasteiger partial charge in [-0.15, -0.1) is 0 Å². The van der Waals surface area contributed by atoms with Crippen molar-refractivity contribution in [3.05, 3.63) is 69.7 Å². The highest BCUT2D eigenvalue weighted by Crippen LogP contribution is 2.23. The zero-order valence-corrected chi connectivity index (χ0v) is 12.0. The summed E-state index contributed by atoms with van der Waals surface area (Å²) in [6.07, 6.45) is 1.76. The summed E-state index contributed by atoms with van der Waals surface area (Å²) in [6.45, 7) is 0. The van der Waals surface area contributed by atoms with E-state index >= 15 is 0 Å². The predicted molar refractivity (Wildman–Crippen MR) is 81.0 cm³/mol. The zero-order valence-electron chi connectivity index (χ0n) is 10.4. The number of rotatable bonds is 3. The first-order valence-corrected chi connectivity index (χ1v) is 6.61. The maximum Gasteiger partial charge on any atom is 0.335 e. The second-order valence-corrected chi connectivity index (χ2v) is 4.93. The van der Waals surface area contributed by atoms with Crippen LogP contribution in [0.1, 0.15) is 21.5 Å². The molecule has 3 nitrogen and oxygen atoms in total. The summed E-state index contributed by atoms with van der Waals surface area (Å²) >= 11 is 3.43. The smallest absolute Gasteiger partial charge is 0.335 e. The highest BCUT2D eigenvalue weighted by atomic mass is 79.9. The Balaban J connectivity index is 2.41. The van der Waals surface area contributed by atoms with Gasteiger partial charge >= 0.3 is 5.97 Å². The fraction of sp³-hybridized carbons (Fsp3) is 0. The summed E-state index contributed by atoms with van der Waals surface area (Å²) in [4.78, 5) is 10.8. The standard InChI is InChI=1S/C16H10BrNO2/c17-15-4-2-1-3-13(15)9-14(10-18)11-5-7-12(8-6-11)16(19)20/h1-9H,(H,19,20)/b14-9+. The number of aromatic carboxylic acids is 1. The molecule has 0 saturated carbocycles. The first kappa shape index (κ1) is 14.0. The molecule has 0 amide bonds. The lowest BCUT2D eigenvalue weighted by molar-refractivity contribution is 0.0697. The summed E-state index contributed by atoms with van der Waals surface area (Å²) in [7, 11) is 0. The van der Waals surface area contributed by atoms with Crippen molar-refractivity contribution in [1.82, 2.24) is 0 Å². The number of nitriles is 1. The number of carboxylic acids is 1. The van der Waals surface area contributed by atoms with E-state index in [1.54, 1.807) is 18.2 Å². The third kappa shape index (κ3) is 3.14. The van der Waals surface area contributed by atoms with Crippen LogP contribution >= 0.6 is 15.9 Å². The highest BCUT2D eigenvalue weighted by molar-refractivity contribution is 9.10. The van der Waals surface area contributed by atoms with E-state index in [4.69, 9.17) is 5.11 Å². The summed E-state index contributed by atoms with van der Waals surface area (Å²) in [5.74, 6) is -0.982. The Morgan fingerprint density at radius 2 is 1.70 bits per heavy atom. The van der Waals surface area contributed by atoms with Gasteiger partial charge in [-0.1, -0.05) is 46.3 Å². The Hall–Kier alpha value is -2.38. The summed E-state index contributed by atoms with van der Waals surface area (Å²) in [6, 6.07) is 16.0. The Bertz CT molecular complexity index is 712. The topological polar surface area (TPSA) is 61.1 Å². The molecule has 0 fully saturated rings. The number of carbonyl (C=O) groups is 1. The molecule has 20 heavy (non-hydrogen) atoms. The van der Waals surface area contributed by atoms with Crippen LogP contribution in [0.25, 0.3) is 11.6 Å². The molecule has 2 aromatic carbocycles. The molecule has 0 atom stereocenters. The molecular formula is C16H10BrNO2. The lowest BCUT2D eigenvalue weighted by Crippen LogP contribution is -1.95. The summed E-state index contributed by atoms with van der Waals surface area (Å²) < 4.78 is 0.898. The van der Waals surface area contributed by atoms with Crippen molar-refractivity contribution in [1.29, 1.82) is 5.26 Å².